The number of para-hydroxylation sites is 1. The van der Waals surface area contributed by atoms with Crippen molar-refractivity contribution in [1.29, 1.82) is 0 Å². The van der Waals surface area contributed by atoms with E-state index in [-0.39, 0.29) is 6.29 Å². The normalized spacial score (nSPS) is 15.6. The van der Waals surface area contributed by atoms with Crippen molar-refractivity contribution in [2.45, 2.75) is 19.1 Å². The SMILES string of the molecule is C1=Cc2sc3c(-c4ccc(C5=CC=NC(n6c7ccccc7c7cc(-c8cccc9c8sc8ccccc89)ccc76)N5)cc4)cccc3c2CC1. The Hall–Kier alpha value is -5.75. The number of aliphatic imine (C=N–C) groups is 1. The first kappa shape index (κ1) is 29.0. The maximum Gasteiger partial charge on any atom is 0.200 e. The number of nitrogens with one attached hydrogen (secondary N) is 1. The highest BCUT2D eigenvalue weighted by Crippen LogP contribution is 2.43. The molecule has 1 aliphatic carbocycles. The Balaban J connectivity index is 0.950. The second kappa shape index (κ2) is 11.4. The topological polar surface area (TPSA) is 29.3 Å². The van der Waals surface area contributed by atoms with Crippen LogP contribution in [-0.4, -0.2) is 10.8 Å². The second-order valence-electron chi connectivity index (χ2n) is 13.4. The van der Waals surface area contributed by atoms with Gasteiger partial charge in [0, 0.05) is 52.4 Å². The quantitative estimate of drug-likeness (QED) is 0.196. The highest BCUT2D eigenvalue weighted by Gasteiger charge is 2.22. The third-order valence-corrected chi connectivity index (χ3v) is 13.1. The molecule has 1 atom stereocenters. The van der Waals surface area contributed by atoms with Crippen LogP contribution in [0, 0.1) is 0 Å². The van der Waals surface area contributed by atoms with Crippen molar-refractivity contribution in [3.63, 3.8) is 0 Å². The molecule has 9 aromatic rings. The standard InChI is InChI=1S/C46H31N3S2/c1-4-16-40-33(9-1)38-27-30(32-13-8-15-37-35-11-3-6-18-43(35)51-45(32)37)23-24-41(38)49(40)46-47-26-25-39(48-46)29-21-19-28(20-22-29)31-12-7-14-36-34-10-2-5-17-42(34)50-44(31)36/h1,3-9,11-27,46,48H,2,10H2. The van der Waals surface area contributed by atoms with E-state index in [0.29, 0.717) is 0 Å². The van der Waals surface area contributed by atoms with E-state index in [2.05, 4.69) is 156 Å². The van der Waals surface area contributed by atoms with Gasteiger partial charge in [-0.1, -0.05) is 109 Å². The predicted molar refractivity (Wildman–Crippen MR) is 221 cm³/mol. The number of aryl methyl sites for hydroxylation is 1. The summed E-state index contributed by atoms with van der Waals surface area (Å²) in [6, 6.07) is 46.8. The number of aromatic nitrogens is 1. The van der Waals surface area contributed by atoms with E-state index >= 15 is 0 Å². The minimum absolute atomic E-state index is 0.275. The summed E-state index contributed by atoms with van der Waals surface area (Å²) < 4.78 is 6.40. The van der Waals surface area contributed by atoms with Crippen LogP contribution in [0.5, 0.6) is 0 Å². The molecule has 0 saturated carbocycles. The van der Waals surface area contributed by atoms with Crippen LogP contribution in [0.2, 0.25) is 0 Å². The highest BCUT2D eigenvalue weighted by atomic mass is 32.1. The summed E-state index contributed by atoms with van der Waals surface area (Å²) in [5.74, 6) is 0. The van der Waals surface area contributed by atoms with Gasteiger partial charge in [-0.2, -0.15) is 0 Å². The van der Waals surface area contributed by atoms with Crippen LogP contribution in [0.1, 0.15) is 28.7 Å². The highest BCUT2D eigenvalue weighted by molar-refractivity contribution is 7.26. The number of hydrogen-bond acceptors (Lipinski definition) is 4. The number of rotatable bonds is 4. The molecule has 51 heavy (non-hydrogen) atoms. The Bertz CT molecular complexity index is 2950. The average Bonchev–Trinajstić information content (AvgIpc) is 3.87. The first-order chi connectivity index (χ1) is 25.3. The molecule has 11 rings (SSSR count). The minimum Gasteiger partial charge on any atom is -0.346 e. The maximum atomic E-state index is 4.97. The van der Waals surface area contributed by atoms with Crippen LogP contribution in [0.4, 0.5) is 0 Å². The summed E-state index contributed by atoms with van der Waals surface area (Å²) >= 11 is 3.81. The maximum absolute atomic E-state index is 4.97. The summed E-state index contributed by atoms with van der Waals surface area (Å²) in [4.78, 5) is 6.39. The van der Waals surface area contributed by atoms with Gasteiger partial charge in [0.1, 0.15) is 0 Å². The molecule has 242 valence electrons. The zero-order valence-electron chi connectivity index (χ0n) is 27.6. The van der Waals surface area contributed by atoms with Gasteiger partial charge in [0.2, 0.25) is 6.29 Å². The summed E-state index contributed by atoms with van der Waals surface area (Å²) in [5, 5.41) is 10.3. The molecule has 0 radical (unpaired) electrons. The van der Waals surface area contributed by atoms with Crippen molar-refractivity contribution in [3.05, 3.63) is 156 Å². The van der Waals surface area contributed by atoms with E-state index in [1.165, 1.54) is 73.7 Å². The molecule has 0 spiro atoms. The fraction of sp³-hybridized carbons (Fsp3) is 0.0652. The number of allylic oxidation sites excluding steroid dienone is 2. The van der Waals surface area contributed by atoms with E-state index in [1.54, 1.807) is 0 Å². The van der Waals surface area contributed by atoms with Crippen molar-refractivity contribution >= 4 is 92.7 Å². The van der Waals surface area contributed by atoms with Crippen molar-refractivity contribution < 1.29 is 0 Å². The lowest BCUT2D eigenvalue weighted by Gasteiger charge is -2.24. The minimum atomic E-state index is -0.275. The van der Waals surface area contributed by atoms with E-state index in [0.717, 1.165) is 35.1 Å². The molecule has 3 aromatic heterocycles. The lowest BCUT2D eigenvalue weighted by molar-refractivity contribution is 0.510. The fourth-order valence-electron chi connectivity index (χ4n) is 8.20. The Morgan fingerprint density at radius 3 is 2.22 bits per heavy atom. The van der Waals surface area contributed by atoms with Gasteiger partial charge in [-0.05, 0) is 88.0 Å². The first-order valence-electron chi connectivity index (χ1n) is 17.5. The average molecular weight is 690 g/mol. The van der Waals surface area contributed by atoms with Gasteiger partial charge in [-0.25, -0.2) is 4.99 Å². The molecular weight excluding hydrogens is 659 g/mol. The van der Waals surface area contributed by atoms with Gasteiger partial charge >= 0.3 is 0 Å². The van der Waals surface area contributed by atoms with Crippen LogP contribution in [0.3, 0.4) is 0 Å². The molecule has 0 bridgehead atoms. The summed E-state index contributed by atoms with van der Waals surface area (Å²) in [5.41, 5.74) is 11.1. The van der Waals surface area contributed by atoms with Gasteiger partial charge < -0.3 is 9.88 Å². The van der Waals surface area contributed by atoms with E-state index < -0.39 is 0 Å². The molecule has 0 fully saturated rings. The van der Waals surface area contributed by atoms with Crippen LogP contribution >= 0.6 is 22.7 Å². The molecule has 0 saturated heterocycles. The lowest BCUT2D eigenvalue weighted by atomic mass is 9.97. The Kier molecular flexibility index (Phi) is 6.48. The molecule has 1 unspecified atom stereocenters. The van der Waals surface area contributed by atoms with Crippen LogP contribution in [-0.2, 0) is 6.42 Å². The molecule has 1 N–H and O–H groups in total. The van der Waals surface area contributed by atoms with Gasteiger partial charge in [0.05, 0.1) is 11.0 Å². The molecule has 0 amide bonds. The molecule has 2 aliphatic rings. The number of nitrogens with zero attached hydrogens (tertiary/aromatic N) is 2. The molecule has 4 heterocycles. The zero-order chi connectivity index (χ0) is 33.5. The van der Waals surface area contributed by atoms with Crippen LogP contribution < -0.4 is 5.32 Å². The number of hydrogen-bond donors (Lipinski definition) is 1. The molecule has 5 heteroatoms. The number of thiophene rings is 2. The van der Waals surface area contributed by atoms with Gasteiger partial charge in [-0.15, -0.1) is 22.7 Å². The molecule has 1 aliphatic heterocycles. The Morgan fingerprint density at radius 1 is 0.608 bits per heavy atom. The van der Waals surface area contributed by atoms with Crippen molar-refractivity contribution in [1.82, 2.24) is 9.88 Å². The van der Waals surface area contributed by atoms with Crippen LogP contribution in [0.15, 0.2) is 145 Å². The summed E-state index contributed by atoms with van der Waals surface area (Å²) in [6.45, 7) is 0. The van der Waals surface area contributed by atoms with Crippen molar-refractivity contribution in [2.24, 2.45) is 4.99 Å². The van der Waals surface area contributed by atoms with Gasteiger partial charge in [-0.3, -0.25) is 0 Å². The second-order valence-corrected chi connectivity index (χ2v) is 15.5. The molecule has 6 aromatic carbocycles. The summed E-state index contributed by atoms with van der Waals surface area (Å²) in [6.07, 6.45) is 10.6. The fourth-order valence-corrected chi connectivity index (χ4v) is 10.8. The van der Waals surface area contributed by atoms with Crippen molar-refractivity contribution in [2.75, 3.05) is 0 Å². The first-order valence-corrected chi connectivity index (χ1v) is 19.2. The summed E-state index contributed by atoms with van der Waals surface area (Å²) in [7, 11) is 0. The zero-order valence-corrected chi connectivity index (χ0v) is 29.3. The molecular formula is C46H31N3S2. The number of fused-ring (bicyclic) bond motifs is 9. The lowest BCUT2D eigenvalue weighted by Crippen LogP contribution is -2.26. The van der Waals surface area contributed by atoms with Gasteiger partial charge in [0.25, 0.3) is 0 Å². The van der Waals surface area contributed by atoms with E-state index in [4.69, 9.17) is 4.99 Å². The Morgan fingerprint density at radius 2 is 1.31 bits per heavy atom. The third-order valence-electron chi connectivity index (χ3n) is 10.6. The van der Waals surface area contributed by atoms with E-state index in [1.807, 2.05) is 28.9 Å². The van der Waals surface area contributed by atoms with Crippen LogP contribution in [0.25, 0.3) is 86.1 Å². The third kappa shape index (κ3) is 4.52. The Labute approximate surface area is 303 Å². The number of benzene rings is 6. The molecule has 3 nitrogen and oxygen atoms in total. The monoisotopic (exact) mass is 689 g/mol. The van der Waals surface area contributed by atoms with Crippen molar-refractivity contribution in [3.8, 4) is 22.3 Å². The van der Waals surface area contributed by atoms with Gasteiger partial charge in [0.15, 0.2) is 0 Å². The predicted octanol–water partition coefficient (Wildman–Crippen LogP) is 12.8. The largest absolute Gasteiger partial charge is 0.346 e. The smallest absolute Gasteiger partial charge is 0.200 e. The van der Waals surface area contributed by atoms with E-state index in [9.17, 15) is 0 Å².